The molecule has 1 aliphatic heterocycles. The van der Waals surface area contributed by atoms with Gasteiger partial charge in [0, 0.05) is 24.0 Å². The molecule has 0 saturated heterocycles. The zero-order valence-corrected chi connectivity index (χ0v) is 14.1. The molecule has 3 rings (SSSR count). The van der Waals surface area contributed by atoms with E-state index in [1.165, 1.54) is 5.56 Å². The summed E-state index contributed by atoms with van der Waals surface area (Å²) in [4.78, 5) is 15.3. The molecule has 23 heavy (non-hydrogen) atoms. The first kappa shape index (κ1) is 15.6. The van der Waals surface area contributed by atoms with Crippen molar-refractivity contribution in [3.63, 3.8) is 0 Å². The zero-order valence-electron chi connectivity index (χ0n) is 13.2. The van der Waals surface area contributed by atoms with Crippen LogP contribution >= 0.6 is 11.3 Å². The quantitative estimate of drug-likeness (QED) is 0.807. The van der Waals surface area contributed by atoms with Crippen molar-refractivity contribution in [3.8, 4) is 11.5 Å². The van der Waals surface area contributed by atoms with E-state index in [1.54, 1.807) is 31.6 Å². The Morgan fingerprint density at radius 2 is 1.96 bits per heavy atom. The Morgan fingerprint density at radius 1 is 1.22 bits per heavy atom. The highest BCUT2D eigenvalue weighted by atomic mass is 32.1. The molecule has 0 bridgehead atoms. The topological polar surface area (TPSA) is 38.8 Å². The Balaban J connectivity index is 1.75. The molecule has 2 aromatic rings. The number of carbonyl (C=O) groups is 1. The molecule has 1 aromatic carbocycles. The van der Waals surface area contributed by atoms with E-state index in [9.17, 15) is 4.79 Å². The van der Waals surface area contributed by atoms with Gasteiger partial charge in [-0.3, -0.25) is 4.79 Å². The molecule has 1 aromatic heterocycles. The summed E-state index contributed by atoms with van der Waals surface area (Å²) >= 11 is 1.62. The third-order valence-corrected chi connectivity index (χ3v) is 4.80. The maximum atomic E-state index is 12.4. The predicted octanol–water partition coefficient (Wildman–Crippen LogP) is 3.36. The highest BCUT2D eigenvalue weighted by Crippen LogP contribution is 2.33. The van der Waals surface area contributed by atoms with Crippen LogP contribution in [0.3, 0.4) is 0 Å². The Kier molecular flexibility index (Phi) is 4.67. The molecule has 0 radical (unpaired) electrons. The number of methoxy groups -OCH3 is 2. The number of amides is 1. The molecular formula is C18H19NO3S. The number of ether oxygens (including phenoxy) is 2. The van der Waals surface area contributed by atoms with Crippen LogP contribution in [-0.2, 0) is 17.8 Å². The summed E-state index contributed by atoms with van der Waals surface area (Å²) in [5.74, 6) is 1.48. The average molecular weight is 329 g/mol. The first-order valence-electron chi connectivity index (χ1n) is 7.45. The van der Waals surface area contributed by atoms with Gasteiger partial charge in [0.05, 0.1) is 14.2 Å². The highest BCUT2D eigenvalue weighted by Gasteiger charge is 2.21. The fourth-order valence-corrected chi connectivity index (χ4v) is 3.33. The standard InChI is InChI=1S/C18H19NO3S/c1-21-16-10-13-7-8-19(12-14(13)11-17(16)22-2)18(20)6-5-15-4-3-9-23-15/h3-6,9-11H,7-8,12H2,1-2H3/b6-5+. The summed E-state index contributed by atoms with van der Waals surface area (Å²) in [5.41, 5.74) is 2.33. The molecule has 5 heteroatoms. The smallest absolute Gasteiger partial charge is 0.246 e. The van der Waals surface area contributed by atoms with Crippen molar-refractivity contribution in [3.05, 3.63) is 51.7 Å². The van der Waals surface area contributed by atoms with E-state index in [4.69, 9.17) is 9.47 Å². The second-order valence-electron chi connectivity index (χ2n) is 5.33. The number of rotatable bonds is 4. The largest absolute Gasteiger partial charge is 0.493 e. The Bertz CT molecular complexity index is 722. The lowest BCUT2D eigenvalue weighted by atomic mass is 9.98. The maximum absolute atomic E-state index is 12.4. The number of carbonyl (C=O) groups excluding carboxylic acids is 1. The summed E-state index contributed by atoms with van der Waals surface area (Å²) in [6.07, 6.45) is 4.35. The van der Waals surface area contributed by atoms with Crippen LogP contribution in [0.15, 0.2) is 35.7 Å². The van der Waals surface area contributed by atoms with Gasteiger partial charge in [0.25, 0.3) is 0 Å². The number of hydrogen-bond acceptors (Lipinski definition) is 4. The van der Waals surface area contributed by atoms with Gasteiger partial charge in [-0.1, -0.05) is 6.07 Å². The van der Waals surface area contributed by atoms with Gasteiger partial charge in [-0.2, -0.15) is 0 Å². The van der Waals surface area contributed by atoms with Gasteiger partial charge < -0.3 is 14.4 Å². The number of thiophene rings is 1. The minimum absolute atomic E-state index is 0.0406. The normalized spacial score (nSPS) is 13.9. The maximum Gasteiger partial charge on any atom is 0.246 e. The van der Waals surface area contributed by atoms with E-state index in [0.717, 1.165) is 29.2 Å². The predicted molar refractivity (Wildman–Crippen MR) is 92.0 cm³/mol. The van der Waals surface area contributed by atoms with Crippen LogP contribution in [0.5, 0.6) is 11.5 Å². The van der Waals surface area contributed by atoms with Crippen molar-refractivity contribution in [2.24, 2.45) is 0 Å². The van der Waals surface area contributed by atoms with Gasteiger partial charge in [0.1, 0.15) is 0 Å². The van der Waals surface area contributed by atoms with Crippen molar-refractivity contribution in [1.82, 2.24) is 4.90 Å². The fraction of sp³-hybridized carbons (Fsp3) is 0.278. The number of benzene rings is 1. The molecule has 0 atom stereocenters. The van der Waals surface area contributed by atoms with Crippen LogP contribution in [0.1, 0.15) is 16.0 Å². The van der Waals surface area contributed by atoms with Gasteiger partial charge in [0.15, 0.2) is 11.5 Å². The monoisotopic (exact) mass is 329 g/mol. The third kappa shape index (κ3) is 3.40. The number of fused-ring (bicyclic) bond motifs is 1. The second-order valence-corrected chi connectivity index (χ2v) is 6.31. The molecule has 0 unspecified atom stereocenters. The van der Waals surface area contributed by atoms with Gasteiger partial charge in [-0.15, -0.1) is 11.3 Å². The van der Waals surface area contributed by atoms with Crippen molar-refractivity contribution < 1.29 is 14.3 Å². The van der Waals surface area contributed by atoms with Crippen LogP contribution in [0, 0.1) is 0 Å². The number of hydrogen-bond donors (Lipinski definition) is 0. The lowest BCUT2D eigenvalue weighted by Crippen LogP contribution is -2.34. The Labute approximate surface area is 140 Å². The highest BCUT2D eigenvalue weighted by molar-refractivity contribution is 7.10. The average Bonchev–Trinajstić information content (AvgIpc) is 3.11. The molecule has 4 nitrogen and oxygen atoms in total. The van der Waals surface area contributed by atoms with Crippen molar-refractivity contribution in [2.75, 3.05) is 20.8 Å². The Morgan fingerprint density at radius 3 is 2.61 bits per heavy atom. The molecule has 0 saturated carbocycles. The minimum Gasteiger partial charge on any atom is -0.493 e. The fourth-order valence-electron chi connectivity index (χ4n) is 2.72. The molecule has 0 spiro atoms. The molecular weight excluding hydrogens is 310 g/mol. The zero-order chi connectivity index (χ0) is 16.2. The van der Waals surface area contributed by atoms with Gasteiger partial charge in [0.2, 0.25) is 5.91 Å². The number of nitrogens with zero attached hydrogens (tertiary/aromatic N) is 1. The molecule has 1 amide bonds. The van der Waals surface area contributed by atoms with Crippen LogP contribution < -0.4 is 9.47 Å². The van der Waals surface area contributed by atoms with Gasteiger partial charge >= 0.3 is 0 Å². The summed E-state index contributed by atoms with van der Waals surface area (Å²) < 4.78 is 10.7. The van der Waals surface area contributed by atoms with E-state index in [-0.39, 0.29) is 5.91 Å². The van der Waals surface area contributed by atoms with Crippen LogP contribution in [0.4, 0.5) is 0 Å². The molecule has 0 fully saturated rings. The van der Waals surface area contributed by atoms with Crippen molar-refractivity contribution in [1.29, 1.82) is 0 Å². The lowest BCUT2D eigenvalue weighted by Gasteiger charge is -2.28. The van der Waals surface area contributed by atoms with Crippen molar-refractivity contribution >= 4 is 23.3 Å². The summed E-state index contributed by atoms with van der Waals surface area (Å²) in [5, 5.41) is 2.00. The van der Waals surface area contributed by atoms with E-state index >= 15 is 0 Å². The first-order valence-corrected chi connectivity index (χ1v) is 8.33. The van der Waals surface area contributed by atoms with Crippen molar-refractivity contribution in [2.45, 2.75) is 13.0 Å². The molecule has 0 N–H and O–H groups in total. The van der Waals surface area contributed by atoms with Crippen LogP contribution in [0.25, 0.3) is 6.08 Å². The molecule has 1 aliphatic rings. The first-order chi connectivity index (χ1) is 11.2. The van der Waals surface area contributed by atoms with E-state index in [0.29, 0.717) is 12.3 Å². The van der Waals surface area contributed by atoms with E-state index in [1.807, 2.05) is 40.6 Å². The van der Waals surface area contributed by atoms with Crippen LogP contribution in [-0.4, -0.2) is 31.6 Å². The summed E-state index contributed by atoms with van der Waals surface area (Å²) in [6, 6.07) is 7.96. The summed E-state index contributed by atoms with van der Waals surface area (Å²) in [7, 11) is 3.26. The Hall–Kier alpha value is -2.27. The molecule has 120 valence electrons. The third-order valence-electron chi connectivity index (χ3n) is 3.96. The second kappa shape index (κ2) is 6.87. The minimum atomic E-state index is 0.0406. The van der Waals surface area contributed by atoms with E-state index in [2.05, 4.69) is 0 Å². The van der Waals surface area contributed by atoms with Gasteiger partial charge in [-0.25, -0.2) is 0 Å². The lowest BCUT2D eigenvalue weighted by molar-refractivity contribution is -0.126. The molecule has 2 heterocycles. The van der Waals surface area contributed by atoms with Gasteiger partial charge in [-0.05, 0) is 47.2 Å². The van der Waals surface area contributed by atoms with E-state index < -0.39 is 0 Å². The molecule has 0 aliphatic carbocycles. The summed E-state index contributed by atoms with van der Waals surface area (Å²) in [6.45, 7) is 1.32. The SMILES string of the molecule is COc1cc2c(cc1OC)CN(C(=O)/C=C/c1cccs1)CC2. The van der Waals surface area contributed by atoms with Crippen LogP contribution in [0.2, 0.25) is 0 Å².